The molecule has 0 saturated heterocycles. The number of benzene rings is 1. The number of carbonyl (C=O) groups is 1. The third kappa shape index (κ3) is 4.85. The van der Waals surface area contributed by atoms with Crippen molar-refractivity contribution in [3.05, 3.63) is 48.5 Å². The Morgan fingerprint density at radius 2 is 1.92 bits per heavy atom. The molecule has 24 heavy (non-hydrogen) atoms. The number of nitrogens with zero attached hydrogens (tertiary/aromatic N) is 1. The number of nitrogens with one attached hydrogen (secondary N) is 2. The first-order chi connectivity index (χ1) is 11.8. The van der Waals surface area contributed by atoms with Crippen LogP contribution in [0.3, 0.4) is 0 Å². The van der Waals surface area contributed by atoms with Crippen LogP contribution in [0.1, 0.15) is 42.6 Å². The van der Waals surface area contributed by atoms with Crippen LogP contribution in [0.25, 0.3) is 0 Å². The van der Waals surface area contributed by atoms with Gasteiger partial charge in [0.25, 0.3) is 5.91 Å². The van der Waals surface area contributed by atoms with Gasteiger partial charge in [0.1, 0.15) is 11.4 Å². The van der Waals surface area contributed by atoms with Gasteiger partial charge >= 0.3 is 0 Å². The Bertz CT molecular complexity index is 605. The standard InChI is InChI=1S/C19H25N3O2/c23-19(18-13-20-14-22-18)21-12-16-8-6-15(7-9-16)10-11-24-17-4-2-1-3-5-17/h1-5,13-16H,6-12H2,(H,20,22)(H,21,23)/t15-,16+. The topological polar surface area (TPSA) is 67.0 Å². The van der Waals surface area contributed by atoms with Crippen molar-refractivity contribution in [2.24, 2.45) is 11.8 Å². The van der Waals surface area contributed by atoms with E-state index in [1.54, 1.807) is 6.20 Å². The normalized spacial score (nSPS) is 20.5. The van der Waals surface area contributed by atoms with Gasteiger partial charge in [-0.15, -0.1) is 0 Å². The van der Waals surface area contributed by atoms with Crippen molar-refractivity contribution in [3.63, 3.8) is 0 Å². The van der Waals surface area contributed by atoms with Crippen molar-refractivity contribution in [3.8, 4) is 5.75 Å². The van der Waals surface area contributed by atoms with E-state index in [9.17, 15) is 4.79 Å². The number of hydrogen-bond donors (Lipinski definition) is 2. The first-order valence-electron chi connectivity index (χ1n) is 8.76. The highest BCUT2D eigenvalue weighted by Gasteiger charge is 2.21. The predicted molar refractivity (Wildman–Crippen MR) is 92.9 cm³/mol. The largest absolute Gasteiger partial charge is 0.494 e. The van der Waals surface area contributed by atoms with E-state index in [0.29, 0.717) is 11.6 Å². The zero-order chi connectivity index (χ0) is 16.6. The molecule has 1 amide bonds. The molecule has 5 heteroatoms. The molecule has 1 fully saturated rings. The van der Waals surface area contributed by atoms with Crippen LogP contribution in [0.5, 0.6) is 5.75 Å². The molecule has 0 atom stereocenters. The molecule has 0 unspecified atom stereocenters. The van der Waals surface area contributed by atoms with Gasteiger partial charge in [0.05, 0.1) is 12.9 Å². The van der Waals surface area contributed by atoms with Crippen LogP contribution in [0.15, 0.2) is 42.9 Å². The van der Waals surface area contributed by atoms with Crippen LogP contribution in [-0.4, -0.2) is 29.0 Å². The van der Waals surface area contributed by atoms with E-state index in [-0.39, 0.29) is 5.91 Å². The van der Waals surface area contributed by atoms with Crippen LogP contribution in [0.2, 0.25) is 0 Å². The second kappa shape index (κ2) is 8.52. The molecule has 1 aromatic carbocycles. The van der Waals surface area contributed by atoms with Gasteiger partial charge in [-0.25, -0.2) is 4.98 Å². The minimum Gasteiger partial charge on any atom is -0.494 e. The van der Waals surface area contributed by atoms with Crippen molar-refractivity contribution >= 4 is 5.91 Å². The summed E-state index contributed by atoms with van der Waals surface area (Å²) in [5, 5.41) is 2.99. The first kappa shape index (κ1) is 16.6. The maximum absolute atomic E-state index is 11.9. The summed E-state index contributed by atoms with van der Waals surface area (Å²) in [7, 11) is 0. The maximum atomic E-state index is 11.9. The Balaban J connectivity index is 1.30. The minimum absolute atomic E-state index is 0.0883. The average molecular weight is 327 g/mol. The van der Waals surface area contributed by atoms with Crippen LogP contribution in [-0.2, 0) is 0 Å². The second-order valence-electron chi connectivity index (χ2n) is 6.50. The van der Waals surface area contributed by atoms with Gasteiger partial charge in [-0.2, -0.15) is 0 Å². The van der Waals surface area contributed by atoms with Gasteiger partial charge in [-0.1, -0.05) is 18.2 Å². The summed E-state index contributed by atoms with van der Waals surface area (Å²) in [5.74, 6) is 2.19. The van der Waals surface area contributed by atoms with E-state index in [1.807, 2.05) is 30.3 Å². The fraction of sp³-hybridized carbons (Fsp3) is 0.474. The van der Waals surface area contributed by atoms with Crippen LogP contribution in [0.4, 0.5) is 0 Å². The molecular weight excluding hydrogens is 302 g/mol. The summed E-state index contributed by atoms with van der Waals surface area (Å²) in [6.45, 7) is 1.54. The molecular formula is C19H25N3O2. The second-order valence-corrected chi connectivity index (χ2v) is 6.50. The summed E-state index contributed by atoms with van der Waals surface area (Å²) < 4.78 is 5.79. The lowest BCUT2D eigenvalue weighted by Gasteiger charge is -2.28. The predicted octanol–water partition coefficient (Wildman–Crippen LogP) is 3.42. The van der Waals surface area contributed by atoms with E-state index >= 15 is 0 Å². The van der Waals surface area contributed by atoms with Crippen molar-refractivity contribution in [1.82, 2.24) is 15.3 Å². The molecule has 1 aromatic heterocycles. The van der Waals surface area contributed by atoms with E-state index in [2.05, 4.69) is 15.3 Å². The Morgan fingerprint density at radius 1 is 1.17 bits per heavy atom. The van der Waals surface area contributed by atoms with E-state index in [0.717, 1.165) is 31.2 Å². The van der Waals surface area contributed by atoms with E-state index in [1.165, 1.54) is 32.0 Å². The number of para-hydroxylation sites is 1. The van der Waals surface area contributed by atoms with Gasteiger partial charge < -0.3 is 15.0 Å². The van der Waals surface area contributed by atoms with Crippen LogP contribution in [0, 0.1) is 11.8 Å². The van der Waals surface area contributed by atoms with Crippen molar-refractivity contribution < 1.29 is 9.53 Å². The third-order valence-corrected chi connectivity index (χ3v) is 4.79. The number of carbonyl (C=O) groups excluding carboxylic acids is 1. The fourth-order valence-electron chi connectivity index (χ4n) is 3.30. The molecule has 0 spiro atoms. The molecule has 1 aliphatic carbocycles. The molecule has 2 aromatic rings. The van der Waals surface area contributed by atoms with E-state index in [4.69, 9.17) is 4.74 Å². The monoisotopic (exact) mass is 327 g/mol. The number of amides is 1. The maximum Gasteiger partial charge on any atom is 0.271 e. The number of H-pyrrole nitrogens is 1. The van der Waals surface area contributed by atoms with Gasteiger partial charge in [-0.05, 0) is 56.1 Å². The minimum atomic E-state index is -0.0883. The number of rotatable bonds is 7. The molecule has 1 heterocycles. The summed E-state index contributed by atoms with van der Waals surface area (Å²) in [4.78, 5) is 18.6. The molecule has 0 aliphatic heterocycles. The Hall–Kier alpha value is -2.30. The molecule has 3 rings (SSSR count). The third-order valence-electron chi connectivity index (χ3n) is 4.79. The number of aromatic amines is 1. The molecule has 0 radical (unpaired) electrons. The zero-order valence-corrected chi connectivity index (χ0v) is 13.9. The highest BCUT2D eigenvalue weighted by Crippen LogP contribution is 2.30. The summed E-state index contributed by atoms with van der Waals surface area (Å²) in [5.41, 5.74) is 0.460. The van der Waals surface area contributed by atoms with Crippen LogP contribution >= 0.6 is 0 Å². The lowest BCUT2D eigenvalue weighted by atomic mass is 9.80. The van der Waals surface area contributed by atoms with Crippen LogP contribution < -0.4 is 10.1 Å². The molecule has 0 bridgehead atoms. The molecule has 5 nitrogen and oxygen atoms in total. The smallest absolute Gasteiger partial charge is 0.271 e. The van der Waals surface area contributed by atoms with Crippen molar-refractivity contribution in [2.45, 2.75) is 32.1 Å². The SMILES string of the molecule is O=C(NC[C@H]1CC[C@@H](CCOc2ccccc2)CC1)c1c[nH]cn1. The lowest BCUT2D eigenvalue weighted by molar-refractivity contribution is 0.0936. The number of hydrogen-bond acceptors (Lipinski definition) is 3. The Labute approximate surface area is 142 Å². The first-order valence-corrected chi connectivity index (χ1v) is 8.76. The molecule has 2 N–H and O–H groups in total. The highest BCUT2D eigenvalue weighted by atomic mass is 16.5. The lowest BCUT2D eigenvalue weighted by Crippen LogP contribution is -2.31. The zero-order valence-electron chi connectivity index (χ0n) is 13.9. The summed E-state index contributed by atoms with van der Waals surface area (Å²) >= 11 is 0. The molecule has 1 aliphatic rings. The fourth-order valence-corrected chi connectivity index (χ4v) is 3.30. The summed E-state index contributed by atoms with van der Waals surface area (Å²) in [6.07, 6.45) is 9.06. The van der Waals surface area contributed by atoms with Gasteiger partial charge in [-0.3, -0.25) is 4.79 Å². The Morgan fingerprint density at radius 3 is 2.62 bits per heavy atom. The molecule has 128 valence electrons. The number of ether oxygens (including phenoxy) is 1. The van der Waals surface area contributed by atoms with Gasteiger partial charge in [0.2, 0.25) is 0 Å². The molecule has 1 saturated carbocycles. The summed E-state index contributed by atoms with van der Waals surface area (Å²) in [6, 6.07) is 9.99. The van der Waals surface area contributed by atoms with Gasteiger partial charge in [0, 0.05) is 12.7 Å². The van der Waals surface area contributed by atoms with Crippen molar-refractivity contribution in [2.75, 3.05) is 13.2 Å². The Kier molecular flexibility index (Phi) is 5.88. The number of imidazole rings is 1. The average Bonchev–Trinajstić information content (AvgIpc) is 3.16. The number of aromatic nitrogens is 2. The van der Waals surface area contributed by atoms with E-state index < -0.39 is 0 Å². The van der Waals surface area contributed by atoms with Gasteiger partial charge in [0.15, 0.2) is 0 Å². The highest BCUT2D eigenvalue weighted by molar-refractivity contribution is 5.91. The quantitative estimate of drug-likeness (QED) is 0.819. The van der Waals surface area contributed by atoms with Crippen molar-refractivity contribution in [1.29, 1.82) is 0 Å².